The van der Waals surface area contributed by atoms with Gasteiger partial charge in [-0.05, 0) is 117 Å². The molecule has 0 amide bonds. The molecule has 14 atom stereocenters. The number of morpholine rings is 1. The quantitative estimate of drug-likeness (QED) is 0.359. The largest absolute Gasteiger partial charge is 0.458 e. The van der Waals surface area contributed by atoms with Crippen molar-refractivity contribution in [2.45, 2.75) is 162 Å². The van der Waals surface area contributed by atoms with Gasteiger partial charge in [-0.2, -0.15) is 0 Å². The summed E-state index contributed by atoms with van der Waals surface area (Å²) in [6, 6.07) is 0. The van der Waals surface area contributed by atoms with Crippen molar-refractivity contribution in [3.05, 3.63) is 0 Å². The molecule has 2 saturated heterocycles. The van der Waals surface area contributed by atoms with Crippen molar-refractivity contribution in [1.29, 1.82) is 0 Å². The fourth-order valence-corrected chi connectivity index (χ4v) is 13.8. The Hall–Kier alpha value is -1.30. The highest BCUT2D eigenvalue weighted by molar-refractivity contribution is 5.67. The van der Waals surface area contributed by atoms with E-state index in [9.17, 15) is 14.7 Å². The number of hydrogen-bond donors (Lipinski definition) is 2. The number of likely N-dealkylation sites (N-methyl/N-ethyl adjacent to an activating group) is 1. The van der Waals surface area contributed by atoms with Crippen LogP contribution in [0.2, 0.25) is 0 Å². The number of aliphatic hydroxyl groups is 1. The van der Waals surface area contributed by atoms with Crippen LogP contribution < -0.4 is 5.73 Å². The Morgan fingerprint density at radius 3 is 2.39 bits per heavy atom. The minimum Gasteiger partial charge on any atom is -0.458 e. The Kier molecular flexibility index (Phi) is 8.73. The van der Waals surface area contributed by atoms with E-state index >= 15 is 0 Å². The van der Waals surface area contributed by atoms with Gasteiger partial charge in [0.15, 0.2) is 12.4 Å². The number of fused-ring (bicyclic) bond motifs is 4. The van der Waals surface area contributed by atoms with E-state index in [-0.39, 0.29) is 57.8 Å². The van der Waals surface area contributed by atoms with Crippen LogP contribution in [0.4, 0.5) is 0 Å². The van der Waals surface area contributed by atoms with Crippen LogP contribution in [0.5, 0.6) is 0 Å². The Balaban J connectivity index is 1.19. The van der Waals surface area contributed by atoms with E-state index in [0.29, 0.717) is 12.3 Å². The molecular weight excluding hydrogens is 624 g/mol. The van der Waals surface area contributed by atoms with Crippen LogP contribution >= 0.6 is 0 Å². The van der Waals surface area contributed by atoms with Gasteiger partial charge >= 0.3 is 11.9 Å². The lowest BCUT2D eigenvalue weighted by molar-refractivity contribution is -0.246. The number of rotatable bonds is 7. The van der Waals surface area contributed by atoms with Gasteiger partial charge in [0.05, 0.1) is 30.0 Å². The molecule has 0 bridgehead atoms. The van der Waals surface area contributed by atoms with Gasteiger partial charge in [0.2, 0.25) is 0 Å². The second-order valence-electron chi connectivity index (χ2n) is 18.8. The summed E-state index contributed by atoms with van der Waals surface area (Å²) in [5.41, 5.74) is 5.92. The summed E-state index contributed by atoms with van der Waals surface area (Å²) in [4.78, 5) is 27.5. The van der Waals surface area contributed by atoms with E-state index in [1.54, 1.807) is 13.8 Å². The molecule has 7 fully saturated rings. The van der Waals surface area contributed by atoms with Crippen molar-refractivity contribution >= 4 is 11.9 Å². The second-order valence-corrected chi connectivity index (χ2v) is 18.8. The molecule has 10 nitrogen and oxygen atoms in total. The van der Waals surface area contributed by atoms with E-state index < -0.39 is 41.5 Å². The van der Waals surface area contributed by atoms with Crippen molar-refractivity contribution in [3.63, 3.8) is 0 Å². The lowest BCUT2D eigenvalue weighted by Crippen LogP contribution is -2.70. The van der Waals surface area contributed by atoms with Gasteiger partial charge in [-0.3, -0.25) is 14.5 Å². The Morgan fingerprint density at radius 2 is 1.73 bits per heavy atom. The van der Waals surface area contributed by atoms with Crippen LogP contribution in [-0.4, -0.2) is 96.1 Å². The Morgan fingerprint density at radius 1 is 1.04 bits per heavy atom. The summed E-state index contributed by atoms with van der Waals surface area (Å²) < 4.78 is 32.0. The molecule has 0 radical (unpaired) electrons. The van der Waals surface area contributed by atoms with Gasteiger partial charge < -0.3 is 34.5 Å². The molecule has 5 aliphatic carbocycles. The maximum absolute atomic E-state index is 12.9. The second kappa shape index (κ2) is 11.9. The van der Waals surface area contributed by atoms with Crippen LogP contribution in [0, 0.1) is 45.3 Å². The first-order valence-electron chi connectivity index (χ1n) is 19.4. The molecule has 0 aromatic rings. The number of ether oxygens (including phenoxy) is 5. The number of hydrogen-bond acceptors (Lipinski definition) is 10. The van der Waals surface area contributed by atoms with Crippen LogP contribution in [0.25, 0.3) is 0 Å². The molecule has 5 saturated carbocycles. The Labute approximate surface area is 293 Å². The van der Waals surface area contributed by atoms with E-state index in [1.807, 2.05) is 0 Å². The van der Waals surface area contributed by atoms with Crippen LogP contribution in [0.1, 0.15) is 114 Å². The number of esters is 2. The van der Waals surface area contributed by atoms with Crippen molar-refractivity contribution in [2.75, 3.05) is 26.2 Å². The summed E-state index contributed by atoms with van der Waals surface area (Å²) in [5, 5.41) is 11.1. The molecule has 14 unspecified atom stereocenters. The van der Waals surface area contributed by atoms with Crippen molar-refractivity contribution in [2.24, 2.45) is 51.1 Å². The maximum Gasteiger partial charge on any atom is 0.303 e. The highest BCUT2D eigenvalue weighted by Gasteiger charge is 2.85. The average Bonchev–Trinajstić information content (AvgIpc) is 3.64. The standard InChI is InChI=1S/C39H64N2O8/c1-10-41-17-18-45-29(20-41)49-28-13-14-37-21-38(37)16-15-36(9)30-22(2)19-25(32(35(7,8)44)46-23(3)42)48-31(30)33(47-24(4)43)39(36,40)27(38)12-11-26(37)34(28,5)6/h22,25-33,44H,10-21,40H2,1-9H3. The third-order valence-electron chi connectivity index (χ3n) is 15.7. The monoisotopic (exact) mass is 688 g/mol. The molecule has 0 aromatic heterocycles. The third-order valence-corrected chi connectivity index (χ3v) is 15.7. The minimum atomic E-state index is -1.31. The molecule has 49 heavy (non-hydrogen) atoms. The van der Waals surface area contributed by atoms with Crippen molar-refractivity contribution in [3.8, 4) is 0 Å². The number of nitrogens with zero attached hydrogens (tertiary/aromatic N) is 1. The lowest BCUT2D eigenvalue weighted by Gasteiger charge is -2.63. The van der Waals surface area contributed by atoms with Gasteiger partial charge in [0, 0.05) is 26.9 Å². The zero-order chi connectivity index (χ0) is 35.5. The Bertz CT molecular complexity index is 1320. The normalized spacial score (nSPS) is 49.3. The fraction of sp³-hybridized carbons (Fsp3) is 0.949. The smallest absolute Gasteiger partial charge is 0.303 e. The number of nitrogens with two attached hydrogens (primary N) is 1. The molecule has 2 spiro atoms. The fourth-order valence-electron chi connectivity index (χ4n) is 13.8. The molecule has 2 heterocycles. The highest BCUT2D eigenvalue weighted by Crippen LogP contribution is 2.87. The molecule has 2 aliphatic heterocycles. The van der Waals surface area contributed by atoms with Crippen LogP contribution in [0.3, 0.4) is 0 Å². The minimum absolute atomic E-state index is 0.000295. The molecular formula is C39H64N2O8. The predicted octanol–water partition coefficient (Wildman–Crippen LogP) is 4.83. The number of carbonyl (C=O) groups excluding carboxylic acids is 2. The molecule has 7 aliphatic rings. The maximum atomic E-state index is 12.9. The van der Waals surface area contributed by atoms with E-state index in [4.69, 9.17) is 29.4 Å². The lowest BCUT2D eigenvalue weighted by atomic mass is 9.43. The van der Waals surface area contributed by atoms with Gasteiger partial charge in [0.1, 0.15) is 12.2 Å². The summed E-state index contributed by atoms with van der Waals surface area (Å²) in [6.45, 7) is 21.3. The first-order chi connectivity index (χ1) is 22.9. The number of carbonyl (C=O) groups is 2. The molecule has 3 N–H and O–H groups in total. The predicted molar refractivity (Wildman–Crippen MR) is 183 cm³/mol. The third kappa shape index (κ3) is 5.14. The van der Waals surface area contributed by atoms with E-state index in [2.05, 4.69) is 39.5 Å². The van der Waals surface area contributed by atoms with E-state index in [1.165, 1.54) is 20.3 Å². The van der Waals surface area contributed by atoms with Crippen LogP contribution in [0.15, 0.2) is 0 Å². The van der Waals surface area contributed by atoms with Crippen molar-refractivity contribution in [1.82, 2.24) is 4.90 Å². The van der Waals surface area contributed by atoms with Gasteiger partial charge in [-0.15, -0.1) is 0 Å². The molecule has 10 heteroatoms. The van der Waals surface area contributed by atoms with Gasteiger partial charge in [-0.1, -0.05) is 34.6 Å². The molecule has 7 rings (SSSR count). The van der Waals surface area contributed by atoms with Gasteiger partial charge in [0.25, 0.3) is 0 Å². The summed E-state index contributed by atoms with van der Waals surface area (Å²) in [6.07, 6.45) is 5.63. The van der Waals surface area contributed by atoms with Crippen molar-refractivity contribution < 1.29 is 38.4 Å². The van der Waals surface area contributed by atoms with Gasteiger partial charge in [-0.25, -0.2) is 0 Å². The molecule has 278 valence electrons. The zero-order valence-electron chi connectivity index (χ0n) is 31.6. The topological polar surface area (TPSA) is 130 Å². The average molecular weight is 689 g/mol. The SMILES string of the molecule is CCN1CCOC(OC2CCC34CC35CCC3(C)C6C(C)CC(C(OC(C)=O)C(C)(C)O)OC6C(OC(C)=O)C3(N)C5CCC4C2(C)C)C1. The zero-order valence-corrected chi connectivity index (χ0v) is 31.6. The van der Waals surface area contributed by atoms with Crippen LogP contribution in [-0.2, 0) is 33.3 Å². The first-order valence-corrected chi connectivity index (χ1v) is 19.4. The highest BCUT2D eigenvalue weighted by atomic mass is 16.7. The summed E-state index contributed by atoms with van der Waals surface area (Å²) >= 11 is 0. The first kappa shape index (κ1) is 36.1. The molecule has 0 aromatic carbocycles. The summed E-state index contributed by atoms with van der Waals surface area (Å²) in [7, 11) is 0. The summed E-state index contributed by atoms with van der Waals surface area (Å²) in [5.74, 6) is 0.153. The van der Waals surface area contributed by atoms with E-state index in [0.717, 1.165) is 64.8 Å².